The lowest BCUT2D eigenvalue weighted by atomic mass is 9.99. The van der Waals surface area contributed by atoms with Gasteiger partial charge in [0.2, 0.25) is 5.91 Å². The van der Waals surface area contributed by atoms with Crippen LogP contribution in [0.1, 0.15) is 220 Å². The standard InChI is InChI=1S/C62H105NO10/c1-4-7-10-13-16-19-22-23-24-25-26-27-28-29-30-31-32-33-35-38-41-44-47-50-57(67)73-60-59(69)58(68)56(51-64)72-62(60)71-52-53(54(65)48-45-42-39-37-34-20-17-14-11-8-5-2)63-61(70)55(66)49-46-43-40-36-21-18-15-12-9-6-3/h7,10,15-16,18-19,23-24,26-27,29-30,32-33,45,48,53-56,58-60,62,64-66,68-69H,4-6,8-9,11-14,17,20-22,25,28,31,34-44,46-47,49-52H2,1-3H3,(H,63,70)/b10-7-,18-15-,19-16-,24-23-,27-26-,30-29-,33-32-,48-45+. The number of aliphatic hydroxyl groups is 5. The number of amides is 1. The van der Waals surface area contributed by atoms with Gasteiger partial charge >= 0.3 is 5.97 Å². The van der Waals surface area contributed by atoms with E-state index < -0.39 is 67.4 Å². The molecule has 1 heterocycles. The van der Waals surface area contributed by atoms with E-state index in [2.05, 4.69) is 111 Å². The summed E-state index contributed by atoms with van der Waals surface area (Å²) >= 11 is 0. The van der Waals surface area contributed by atoms with E-state index in [1.165, 1.54) is 51.4 Å². The molecular formula is C62H105NO10. The van der Waals surface area contributed by atoms with Crippen molar-refractivity contribution in [2.75, 3.05) is 13.2 Å². The molecule has 418 valence electrons. The lowest BCUT2D eigenvalue weighted by Gasteiger charge is -2.41. The minimum Gasteiger partial charge on any atom is -0.454 e. The number of hydrogen-bond acceptors (Lipinski definition) is 10. The summed E-state index contributed by atoms with van der Waals surface area (Å²) in [4.78, 5) is 26.4. The van der Waals surface area contributed by atoms with Gasteiger partial charge in [0.25, 0.3) is 0 Å². The Balaban J connectivity index is 2.68. The van der Waals surface area contributed by atoms with Gasteiger partial charge in [0.05, 0.1) is 25.4 Å². The van der Waals surface area contributed by atoms with Gasteiger partial charge in [0.15, 0.2) is 12.4 Å². The number of aliphatic hydroxyl groups excluding tert-OH is 5. The van der Waals surface area contributed by atoms with E-state index in [0.29, 0.717) is 12.8 Å². The van der Waals surface area contributed by atoms with Gasteiger partial charge in [-0.3, -0.25) is 9.59 Å². The third-order valence-electron chi connectivity index (χ3n) is 13.0. The molecule has 1 rings (SSSR count). The Morgan fingerprint density at radius 1 is 0.548 bits per heavy atom. The first-order valence-electron chi connectivity index (χ1n) is 29.0. The number of unbranched alkanes of at least 4 members (excludes halogenated alkanes) is 19. The number of nitrogens with one attached hydrogen (secondary N) is 1. The molecule has 1 fully saturated rings. The number of esters is 1. The summed E-state index contributed by atoms with van der Waals surface area (Å²) in [6, 6.07) is -1.04. The first-order chi connectivity index (χ1) is 35.7. The van der Waals surface area contributed by atoms with Gasteiger partial charge in [0.1, 0.15) is 24.4 Å². The van der Waals surface area contributed by atoms with Crippen LogP contribution in [0, 0.1) is 0 Å². The molecule has 1 aliphatic rings. The van der Waals surface area contributed by atoms with Crippen LogP contribution in [0.25, 0.3) is 0 Å². The summed E-state index contributed by atoms with van der Waals surface area (Å²) < 4.78 is 17.5. The SMILES string of the molecule is CC/C=C\C/C=C\C/C=C\C/C=C\C/C=C\C/C=C\CCCCCCC(=O)OC1C(OCC(NC(=O)C(O)CCCCCC/C=C\CCCC)C(O)/C=C/CCCCCCCCCCC)OC(CO)C(O)C1O. The number of allylic oxidation sites excluding steroid dienone is 15. The maximum absolute atomic E-state index is 13.3. The highest BCUT2D eigenvalue weighted by Gasteiger charge is 2.47. The van der Waals surface area contributed by atoms with Gasteiger partial charge in [-0.1, -0.05) is 214 Å². The molecule has 8 unspecified atom stereocenters. The monoisotopic (exact) mass is 1020 g/mol. The quantitative estimate of drug-likeness (QED) is 0.0196. The fraction of sp³-hybridized carbons (Fsp3) is 0.710. The Hall–Kier alpha value is -3.42. The number of rotatable bonds is 47. The van der Waals surface area contributed by atoms with Gasteiger partial charge in [-0.15, -0.1) is 0 Å². The highest BCUT2D eigenvalue weighted by molar-refractivity contribution is 5.80. The van der Waals surface area contributed by atoms with Crippen LogP contribution >= 0.6 is 0 Å². The van der Waals surface area contributed by atoms with Gasteiger partial charge in [-0.2, -0.15) is 0 Å². The van der Waals surface area contributed by atoms with Gasteiger partial charge in [-0.25, -0.2) is 0 Å². The van der Waals surface area contributed by atoms with Gasteiger partial charge < -0.3 is 45.1 Å². The largest absolute Gasteiger partial charge is 0.454 e. The lowest BCUT2D eigenvalue weighted by molar-refractivity contribution is -0.305. The van der Waals surface area contributed by atoms with Crippen LogP contribution < -0.4 is 5.32 Å². The van der Waals surface area contributed by atoms with Crippen molar-refractivity contribution in [3.8, 4) is 0 Å². The third kappa shape index (κ3) is 37.9. The van der Waals surface area contributed by atoms with Gasteiger partial charge in [-0.05, 0) is 96.3 Å². The van der Waals surface area contributed by atoms with E-state index in [1.807, 2.05) is 6.08 Å². The second-order valence-corrected chi connectivity index (χ2v) is 19.6. The smallest absolute Gasteiger partial charge is 0.306 e. The van der Waals surface area contributed by atoms with Crippen molar-refractivity contribution in [3.05, 3.63) is 97.2 Å². The molecule has 8 atom stereocenters. The molecule has 0 radical (unpaired) electrons. The lowest BCUT2D eigenvalue weighted by Crippen LogP contribution is -2.61. The van der Waals surface area contributed by atoms with Crippen LogP contribution in [0.15, 0.2) is 97.2 Å². The zero-order valence-corrected chi connectivity index (χ0v) is 46.0. The van der Waals surface area contributed by atoms with E-state index in [1.54, 1.807) is 6.08 Å². The van der Waals surface area contributed by atoms with Crippen molar-refractivity contribution in [2.45, 2.75) is 269 Å². The Bertz CT molecular complexity index is 1550. The predicted octanol–water partition coefficient (Wildman–Crippen LogP) is 13.2. The summed E-state index contributed by atoms with van der Waals surface area (Å²) in [6.45, 7) is 5.57. The summed E-state index contributed by atoms with van der Waals surface area (Å²) in [7, 11) is 0. The molecule has 0 aliphatic carbocycles. The Morgan fingerprint density at radius 3 is 1.53 bits per heavy atom. The van der Waals surface area contributed by atoms with Crippen LogP contribution in [-0.4, -0.2) is 99.6 Å². The average Bonchev–Trinajstić information content (AvgIpc) is 3.39. The van der Waals surface area contributed by atoms with E-state index in [9.17, 15) is 35.1 Å². The van der Waals surface area contributed by atoms with E-state index in [-0.39, 0.29) is 19.4 Å². The number of ether oxygens (including phenoxy) is 3. The molecule has 0 saturated carbocycles. The second-order valence-electron chi connectivity index (χ2n) is 19.6. The molecule has 1 amide bonds. The van der Waals surface area contributed by atoms with Crippen molar-refractivity contribution >= 4 is 11.9 Å². The molecule has 0 aromatic carbocycles. The zero-order valence-electron chi connectivity index (χ0n) is 46.0. The molecule has 1 saturated heterocycles. The summed E-state index contributed by atoms with van der Waals surface area (Å²) in [6.07, 6.45) is 54.6. The van der Waals surface area contributed by atoms with E-state index >= 15 is 0 Å². The van der Waals surface area contributed by atoms with Gasteiger partial charge in [0, 0.05) is 6.42 Å². The summed E-state index contributed by atoms with van der Waals surface area (Å²) in [5.41, 5.74) is 0. The van der Waals surface area contributed by atoms with Crippen LogP contribution in [0.3, 0.4) is 0 Å². The maximum atomic E-state index is 13.3. The molecule has 0 spiro atoms. The second kappa shape index (κ2) is 49.5. The van der Waals surface area contributed by atoms with Crippen LogP contribution in [0.4, 0.5) is 0 Å². The number of carbonyl (C=O) groups excluding carboxylic acids is 2. The first-order valence-corrected chi connectivity index (χ1v) is 29.0. The highest BCUT2D eigenvalue weighted by Crippen LogP contribution is 2.26. The molecule has 0 aromatic heterocycles. The minimum atomic E-state index is -1.63. The van der Waals surface area contributed by atoms with Crippen molar-refractivity contribution in [1.29, 1.82) is 0 Å². The van der Waals surface area contributed by atoms with Crippen LogP contribution in [0.2, 0.25) is 0 Å². The van der Waals surface area contributed by atoms with Crippen LogP contribution in [0.5, 0.6) is 0 Å². The normalized spacial score (nSPS) is 20.1. The van der Waals surface area contributed by atoms with Crippen molar-refractivity contribution in [3.63, 3.8) is 0 Å². The molecule has 11 heteroatoms. The summed E-state index contributed by atoms with van der Waals surface area (Å²) in [5.74, 6) is -1.24. The Morgan fingerprint density at radius 2 is 1.00 bits per heavy atom. The Kier molecular flexibility index (Phi) is 45.8. The first kappa shape index (κ1) is 67.6. The molecule has 73 heavy (non-hydrogen) atoms. The minimum absolute atomic E-state index is 0.0878. The molecule has 0 aromatic rings. The summed E-state index contributed by atoms with van der Waals surface area (Å²) in [5, 5.41) is 56.7. The molecule has 0 bridgehead atoms. The Labute approximate surface area is 444 Å². The van der Waals surface area contributed by atoms with E-state index in [0.717, 1.165) is 122 Å². The molecule has 11 nitrogen and oxygen atoms in total. The topological polar surface area (TPSA) is 175 Å². The zero-order chi connectivity index (χ0) is 53.3. The third-order valence-corrected chi connectivity index (χ3v) is 13.0. The molecule has 6 N–H and O–H groups in total. The van der Waals surface area contributed by atoms with Crippen molar-refractivity contribution in [2.24, 2.45) is 0 Å². The average molecular weight is 1020 g/mol. The number of hydrogen-bond donors (Lipinski definition) is 6. The van der Waals surface area contributed by atoms with Crippen LogP contribution in [-0.2, 0) is 23.8 Å². The van der Waals surface area contributed by atoms with Crippen molar-refractivity contribution < 1.29 is 49.3 Å². The molecule has 1 aliphatic heterocycles. The molecular weight excluding hydrogens is 919 g/mol. The predicted molar refractivity (Wildman–Crippen MR) is 301 cm³/mol. The van der Waals surface area contributed by atoms with E-state index in [4.69, 9.17) is 14.2 Å². The number of carbonyl (C=O) groups is 2. The fourth-order valence-corrected chi connectivity index (χ4v) is 8.34. The maximum Gasteiger partial charge on any atom is 0.306 e. The fourth-order valence-electron chi connectivity index (χ4n) is 8.34. The van der Waals surface area contributed by atoms with Crippen molar-refractivity contribution in [1.82, 2.24) is 5.32 Å². The highest BCUT2D eigenvalue weighted by atomic mass is 16.7.